The van der Waals surface area contributed by atoms with Gasteiger partial charge >= 0.3 is 6.61 Å². The molecule has 1 N–H and O–H groups in total. The Balaban J connectivity index is 2.00. The maximum absolute atomic E-state index is 13.6. The minimum Gasteiger partial charge on any atom is -0.432 e. The van der Waals surface area contributed by atoms with Gasteiger partial charge in [-0.15, -0.1) is 11.3 Å². The third kappa shape index (κ3) is 4.45. The molecule has 0 radical (unpaired) electrons. The van der Waals surface area contributed by atoms with Crippen molar-refractivity contribution in [2.45, 2.75) is 39.5 Å². The number of halogens is 3. The van der Waals surface area contributed by atoms with Gasteiger partial charge in [0.05, 0.1) is 6.04 Å². The third-order valence-electron chi connectivity index (χ3n) is 3.11. The smallest absolute Gasteiger partial charge is 0.387 e. The minimum absolute atomic E-state index is 0.0822. The number of nitrogens with one attached hydrogen (secondary N) is 1. The first-order valence-corrected chi connectivity index (χ1v) is 7.70. The highest BCUT2D eigenvalue weighted by molar-refractivity contribution is 7.11. The fourth-order valence-electron chi connectivity index (χ4n) is 2.03. The molecule has 1 heterocycles. The molecule has 22 heavy (non-hydrogen) atoms. The summed E-state index contributed by atoms with van der Waals surface area (Å²) in [6.45, 7) is 1.42. The van der Waals surface area contributed by atoms with Crippen molar-refractivity contribution in [1.29, 1.82) is 0 Å². The van der Waals surface area contributed by atoms with Crippen molar-refractivity contribution in [3.63, 3.8) is 0 Å². The lowest BCUT2D eigenvalue weighted by molar-refractivity contribution is -0.0522. The Kier molecular flexibility index (Phi) is 5.79. The van der Waals surface area contributed by atoms with Crippen molar-refractivity contribution in [2.75, 3.05) is 0 Å². The average molecular weight is 330 g/mol. The van der Waals surface area contributed by atoms with Crippen molar-refractivity contribution < 1.29 is 17.9 Å². The molecule has 1 atom stereocenters. The third-order valence-corrected chi connectivity index (χ3v) is 4.14. The number of hydrogen-bond donors (Lipinski definition) is 1. The van der Waals surface area contributed by atoms with Crippen LogP contribution in [0.25, 0.3) is 0 Å². The van der Waals surface area contributed by atoms with Crippen LogP contribution >= 0.6 is 11.3 Å². The van der Waals surface area contributed by atoms with Crippen LogP contribution in [-0.2, 0) is 6.54 Å². The van der Waals surface area contributed by atoms with Crippen molar-refractivity contribution in [3.8, 4) is 5.75 Å². The molecule has 1 aromatic carbocycles. The van der Waals surface area contributed by atoms with Crippen molar-refractivity contribution >= 4 is 11.3 Å². The Morgan fingerprint density at radius 2 is 2.14 bits per heavy atom. The topological polar surface area (TPSA) is 34.1 Å². The van der Waals surface area contributed by atoms with Gasteiger partial charge in [0.2, 0.25) is 0 Å². The SMILES string of the molecule is CCC(NCc1ccc(OC(F)F)c(F)c1)c1ncc(C)s1. The van der Waals surface area contributed by atoms with E-state index in [0.717, 1.165) is 16.3 Å². The summed E-state index contributed by atoms with van der Waals surface area (Å²) in [6.07, 6.45) is 2.67. The number of ether oxygens (including phenoxy) is 1. The van der Waals surface area contributed by atoms with E-state index >= 15 is 0 Å². The van der Waals surface area contributed by atoms with E-state index in [9.17, 15) is 13.2 Å². The Bertz CT molecular complexity index is 619. The van der Waals surface area contributed by atoms with Gasteiger partial charge in [0, 0.05) is 17.6 Å². The average Bonchev–Trinajstić information content (AvgIpc) is 2.88. The Morgan fingerprint density at radius 3 is 2.68 bits per heavy atom. The summed E-state index contributed by atoms with van der Waals surface area (Å²) in [7, 11) is 0. The number of alkyl halides is 2. The first kappa shape index (κ1) is 16.8. The predicted molar refractivity (Wildman–Crippen MR) is 79.8 cm³/mol. The summed E-state index contributed by atoms with van der Waals surface area (Å²) < 4.78 is 41.9. The number of hydrogen-bond acceptors (Lipinski definition) is 4. The second-order valence-electron chi connectivity index (χ2n) is 4.79. The molecule has 0 spiro atoms. The van der Waals surface area contributed by atoms with Crippen LogP contribution in [0.2, 0.25) is 0 Å². The summed E-state index contributed by atoms with van der Waals surface area (Å²) in [5, 5.41) is 4.28. The van der Waals surface area contributed by atoms with E-state index in [1.807, 2.05) is 20.0 Å². The predicted octanol–water partition coefficient (Wildman–Crippen LogP) is 4.43. The quantitative estimate of drug-likeness (QED) is 0.815. The van der Waals surface area contributed by atoms with Gasteiger partial charge in [0.25, 0.3) is 0 Å². The standard InChI is InChI=1S/C15H17F3N2OS/c1-3-12(14-20-7-9(2)22-14)19-8-10-4-5-13(11(16)6-10)21-15(17)18/h4-7,12,15,19H,3,8H2,1-2H3. The number of aryl methyl sites for hydroxylation is 1. The van der Waals surface area contributed by atoms with Gasteiger partial charge in [0.1, 0.15) is 5.01 Å². The number of aromatic nitrogens is 1. The summed E-state index contributed by atoms with van der Waals surface area (Å²) in [5.74, 6) is -1.24. The molecular weight excluding hydrogens is 313 g/mol. The minimum atomic E-state index is -3.03. The molecule has 0 aliphatic heterocycles. The maximum Gasteiger partial charge on any atom is 0.387 e. The monoisotopic (exact) mass is 330 g/mol. The fraction of sp³-hybridized carbons (Fsp3) is 0.400. The Morgan fingerprint density at radius 1 is 1.36 bits per heavy atom. The Hall–Kier alpha value is -1.60. The van der Waals surface area contributed by atoms with Crippen LogP contribution in [0.1, 0.15) is 34.8 Å². The molecule has 1 aromatic heterocycles. The second-order valence-corrected chi connectivity index (χ2v) is 6.06. The molecule has 2 rings (SSSR count). The van der Waals surface area contributed by atoms with E-state index in [1.54, 1.807) is 17.4 Å². The van der Waals surface area contributed by atoms with E-state index in [-0.39, 0.29) is 6.04 Å². The number of benzene rings is 1. The molecular formula is C15H17F3N2OS. The highest BCUT2D eigenvalue weighted by atomic mass is 32.1. The van der Waals surface area contributed by atoms with Crippen LogP contribution in [0.5, 0.6) is 5.75 Å². The zero-order chi connectivity index (χ0) is 16.1. The number of thiazole rings is 1. The van der Waals surface area contributed by atoms with Crippen LogP contribution in [0.15, 0.2) is 24.4 Å². The van der Waals surface area contributed by atoms with Crippen molar-refractivity contribution in [2.24, 2.45) is 0 Å². The molecule has 7 heteroatoms. The van der Waals surface area contributed by atoms with Crippen LogP contribution in [-0.4, -0.2) is 11.6 Å². The van der Waals surface area contributed by atoms with Gasteiger partial charge in [-0.3, -0.25) is 0 Å². The van der Waals surface area contributed by atoms with E-state index in [1.165, 1.54) is 12.1 Å². The largest absolute Gasteiger partial charge is 0.432 e. The summed E-state index contributed by atoms with van der Waals surface area (Å²) in [4.78, 5) is 5.48. The van der Waals surface area contributed by atoms with Crippen molar-refractivity contribution in [1.82, 2.24) is 10.3 Å². The van der Waals surface area contributed by atoms with E-state index < -0.39 is 18.2 Å². The first-order valence-electron chi connectivity index (χ1n) is 6.88. The lowest BCUT2D eigenvalue weighted by Gasteiger charge is -2.15. The van der Waals surface area contributed by atoms with Gasteiger partial charge in [-0.2, -0.15) is 8.78 Å². The van der Waals surface area contributed by atoms with Crippen LogP contribution < -0.4 is 10.1 Å². The number of rotatable bonds is 7. The van der Waals surface area contributed by atoms with Crippen LogP contribution in [0.4, 0.5) is 13.2 Å². The van der Waals surface area contributed by atoms with Gasteiger partial charge in [0.15, 0.2) is 11.6 Å². The van der Waals surface area contributed by atoms with Crippen LogP contribution in [0, 0.1) is 12.7 Å². The van der Waals surface area contributed by atoms with Gasteiger partial charge < -0.3 is 10.1 Å². The molecule has 0 amide bonds. The molecule has 0 bridgehead atoms. The zero-order valence-electron chi connectivity index (χ0n) is 12.3. The highest BCUT2D eigenvalue weighted by Crippen LogP contribution is 2.24. The van der Waals surface area contributed by atoms with Crippen molar-refractivity contribution in [3.05, 3.63) is 45.7 Å². The first-order chi connectivity index (χ1) is 10.5. The summed E-state index contributed by atoms with van der Waals surface area (Å²) in [5.41, 5.74) is 0.658. The lowest BCUT2D eigenvalue weighted by atomic mass is 10.1. The van der Waals surface area contributed by atoms with E-state index in [2.05, 4.69) is 15.0 Å². The Labute approximate surface area is 131 Å². The normalized spacial score (nSPS) is 12.6. The number of nitrogens with zero attached hydrogens (tertiary/aromatic N) is 1. The summed E-state index contributed by atoms with van der Waals surface area (Å²) >= 11 is 1.62. The summed E-state index contributed by atoms with van der Waals surface area (Å²) in [6, 6.07) is 4.06. The van der Waals surface area contributed by atoms with E-state index in [4.69, 9.17) is 0 Å². The maximum atomic E-state index is 13.6. The molecule has 1 unspecified atom stereocenters. The van der Waals surface area contributed by atoms with Crippen LogP contribution in [0.3, 0.4) is 0 Å². The lowest BCUT2D eigenvalue weighted by Crippen LogP contribution is -2.20. The van der Waals surface area contributed by atoms with Gasteiger partial charge in [-0.25, -0.2) is 9.37 Å². The second kappa shape index (κ2) is 7.60. The molecule has 0 fully saturated rings. The van der Waals surface area contributed by atoms with Gasteiger partial charge in [-0.05, 0) is 31.0 Å². The molecule has 0 saturated carbocycles. The molecule has 2 aromatic rings. The highest BCUT2D eigenvalue weighted by Gasteiger charge is 2.14. The molecule has 0 aliphatic carbocycles. The molecule has 120 valence electrons. The molecule has 3 nitrogen and oxygen atoms in total. The van der Waals surface area contributed by atoms with E-state index in [0.29, 0.717) is 12.1 Å². The fourth-order valence-corrected chi connectivity index (χ4v) is 2.96. The molecule has 0 aliphatic rings. The van der Waals surface area contributed by atoms with Gasteiger partial charge in [-0.1, -0.05) is 13.0 Å². The zero-order valence-corrected chi connectivity index (χ0v) is 13.1. The molecule has 0 saturated heterocycles.